The number of pyridine rings is 1. The molecular formula is C15H14ClN3O. The smallest absolute Gasteiger partial charge is 0.252 e. The first-order valence-corrected chi connectivity index (χ1v) is 6.79. The van der Waals surface area contributed by atoms with Crippen molar-refractivity contribution in [1.82, 2.24) is 4.98 Å². The number of anilines is 1. The second-order valence-electron chi connectivity index (χ2n) is 4.81. The number of hydrogen-bond donors (Lipinski definition) is 1. The van der Waals surface area contributed by atoms with E-state index in [-0.39, 0.29) is 0 Å². The summed E-state index contributed by atoms with van der Waals surface area (Å²) in [7, 11) is 0. The zero-order valence-electron chi connectivity index (χ0n) is 10.8. The molecule has 2 heterocycles. The first kappa shape index (κ1) is 12.9. The van der Waals surface area contributed by atoms with Crippen LogP contribution in [0.4, 0.5) is 5.69 Å². The number of aromatic nitrogens is 1. The Labute approximate surface area is 122 Å². The number of hydrogen-bond acceptors (Lipinski definition) is 3. The normalized spacial score (nSPS) is 13.9. The topological polar surface area (TPSA) is 59.2 Å². The van der Waals surface area contributed by atoms with Gasteiger partial charge in [0.1, 0.15) is 0 Å². The van der Waals surface area contributed by atoms with E-state index < -0.39 is 5.91 Å². The zero-order valence-corrected chi connectivity index (χ0v) is 11.6. The number of amides is 1. The van der Waals surface area contributed by atoms with Crippen LogP contribution in [-0.2, 0) is 13.0 Å². The van der Waals surface area contributed by atoms with Gasteiger partial charge >= 0.3 is 0 Å². The predicted octanol–water partition coefficient (Wildman–Crippen LogP) is 2.40. The standard InChI is InChI=1S/C15H14ClN3O/c16-13-3-1-2-10-9-19(7-5-11(10)13)14-4-6-18-8-12(14)15(17)20/h1-4,6,8H,5,7,9H2,(H2,17,20). The molecule has 0 aliphatic carbocycles. The van der Waals surface area contributed by atoms with Crippen molar-refractivity contribution in [2.24, 2.45) is 5.73 Å². The molecule has 2 aromatic rings. The summed E-state index contributed by atoms with van der Waals surface area (Å²) in [5.41, 5.74) is 9.09. The average molecular weight is 288 g/mol. The van der Waals surface area contributed by atoms with Crippen LogP contribution >= 0.6 is 11.6 Å². The van der Waals surface area contributed by atoms with E-state index in [9.17, 15) is 4.79 Å². The quantitative estimate of drug-likeness (QED) is 0.923. The minimum absolute atomic E-state index is 0.454. The summed E-state index contributed by atoms with van der Waals surface area (Å²) >= 11 is 6.21. The van der Waals surface area contributed by atoms with Crippen LogP contribution in [0.5, 0.6) is 0 Å². The highest BCUT2D eigenvalue weighted by atomic mass is 35.5. The number of nitrogens with zero attached hydrogens (tertiary/aromatic N) is 2. The lowest BCUT2D eigenvalue weighted by molar-refractivity contribution is 0.100. The number of carbonyl (C=O) groups is 1. The van der Waals surface area contributed by atoms with Gasteiger partial charge in [-0.3, -0.25) is 9.78 Å². The summed E-state index contributed by atoms with van der Waals surface area (Å²) < 4.78 is 0. The molecule has 102 valence electrons. The summed E-state index contributed by atoms with van der Waals surface area (Å²) in [6.45, 7) is 1.53. The first-order chi connectivity index (χ1) is 9.66. The molecule has 0 bridgehead atoms. The molecule has 20 heavy (non-hydrogen) atoms. The van der Waals surface area contributed by atoms with Gasteiger partial charge in [-0.1, -0.05) is 23.7 Å². The van der Waals surface area contributed by atoms with Crippen molar-refractivity contribution < 1.29 is 4.79 Å². The highest BCUT2D eigenvalue weighted by molar-refractivity contribution is 6.31. The minimum atomic E-state index is -0.454. The van der Waals surface area contributed by atoms with Crippen LogP contribution in [0.2, 0.25) is 5.02 Å². The second kappa shape index (κ2) is 5.13. The molecule has 1 aromatic carbocycles. The van der Waals surface area contributed by atoms with Crippen molar-refractivity contribution in [2.75, 3.05) is 11.4 Å². The van der Waals surface area contributed by atoms with Crippen molar-refractivity contribution in [1.29, 1.82) is 0 Å². The molecule has 5 heteroatoms. The molecule has 0 saturated heterocycles. The number of carbonyl (C=O) groups excluding carboxylic acids is 1. The molecule has 0 atom stereocenters. The molecular weight excluding hydrogens is 274 g/mol. The van der Waals surface area contributed by atoms with Gasteiger partial charge in [0.25, 0.3) is 5.91 Å². The highest BCUT2D eigenvalue weighted by Gasteiger charge is 2.21. The maximum absolute atomic E-state index is 11.5. The van der Waals surface area contributed by atoms with Crippen molar-refractivity contribution in [3.63, 3.8) is 0 Å². The number of benzene rings is 1. The van der Waals surface area contributed by atoms with Crippen molar-refractivity contribution in [3.05, 3.63) is 58.4 Å². The first-order valence-electron chi connectivity index (χ1n) is 6.42. The zero-order chi connectivity index (χ0) is 14.1. The lowest BCUT2D eigenvalue weighted by atomic mass is 9.99. The van der Waals surface area contributed by atoms with Gasteiger partial charge in [0, 0.05) is 30.5 Å². The van der Waals surface area contributed by atoms with E-state index >= 15 is 0 Å². The van der Waals surface area contributed by atoms with E-state index in [1.807, 2.05) is 18.2 Å². The van der Waals surface area contributed by atoms with Gasteiger partial charge < -0.3 is 10.6 Å². The lowest BCUT2D eigenvalue weighted by Crippen LogP contribution is -2.32. The predicted molar refractivity (Wildman–Crippen MR) is 79.0 cm³/mol. The molecule has 4 nitrogen and oxygen atoms in total. The molecule has 2 N–H and O–H groups in total. The summed E-state index contributed by atoms with van der Waals surface area (Å²) in [6.07, 6.45) is 4.05. The van der Waals surface area contributed by atoms with E-state index in [4.69, 9.17) is 17.3 Å². The molecule has 0 spiro atoms. The summed E-state index contributed by atoms with van der Waals surface area (Å²) in [6, 6.07) is 7.76. The maximum atomic E-state index is 11.5. The van der Waals surface area contributed by atoms with E-state index in [2.05, 4.69) is 16.0 Å². The number of fused-ring (bicyclic) bond motifs is 1. The summed E-state index contributed by atoms with van der Waals surface area (Å²) in [5.74, 6) is -0.454. The van der Waals surface area contributed by atoms with Gasteiger partial charge in [0.05, 0.1) is 11.3 Å². The van der Waals surface area contributed by atoms with Crippen molar-refractivity contribution in [3.8, 4) is 0 Å². The van der Waals surface area contributed by atoms with Crippen LogP contribution in [0.1, 0.15) is 21.5 Å². The van der Waals surface area contributed by atoms with E-state index in [0.29, 0.717) is 5.56 Å². The van der Waals surface area contributed by atoms with Crippen LogP contribution in [0.15, 0.2) is 36.7 Å². The van der Waals surface area contributed by atoms with E-state index in [0.717, 1.165) is 30.2 Å². The van der Waals surface area contributed by atoms with Gasteiger partial charge in [-0.25, -0.2) is 0 Å². The van der Waals surface area contributed by atoms with Crippen LogP contribution < -0.4 is 10.6 Å². The molecule has 3 rings (SSSR count). The number of primary amides is 1. The van der Waals surface area contributed by atoms with Gasteiger partial charge in [-0.05, 0) is 29.7 Å². The van der Waals surface area contributed by atoms with Gasteiger partial charge in [0.2, 0.25) is 0 Å². The van der Waals surface area contributed by atoms with Gasteiger partial charge in [0.15, 0.2) is 0 Å². The van der Waals surface area contributed by atoms with Gasteiger partial charge in [-0.2, -0.15) is 0 Å². The molecule has 1 aliphatic heterocycles. The molecule has 1 aliphatic rings. The molecule has 1 aromatic heterocycles. The van der Waals surface area contributed by atoms with Gasteiger partial charge in [-0.15, -0.1) is 0 Å². The Morgan fingerprint density at radius 1 is 1.35 bits per heavy atom. The average Bonchev–Trinajstić information content (AvgIpc) is 2.47. The van der Waals surface area contributed by atoms with Crippen LogP contribution in [0.25, 0.3) is 0 Å². The minimum Gasteiger partial charge on any atom is -0.366 e. The maximum Gasteiger partial charge on any atom is 0.252 e. The van der Waals surface area contributed by atoms with Crippen LogP contribution in [-0.4, -0.2) is 17.4 Å². The number of nitrogens with two attached hydrogens (primary N) is 1. The monoisotopic (exact) mass is 287 g/mol. The largest absolute Gasteiger partial charge is 0.366 e. The molecule has 0 fully saturated rings. The van der Waals surface area contributed by atoms with Crippen LogP contribution in [0.3, 0.4) is 0 Å². The summed E-state index contributed by atoms with van der Waals surface area (Å²) in [5, 5.41) is 0.812. The second-order valence-corrected chi connectivity index (χ2v) is 5.21. The third-order valence-electron chi connectivity index (χ3n) is 3.61. The third kappa shape index (κ3) is 2.23. The molecule has 0 unspecified atom stereocenters. The Kier molecular flexibility index (Phi) is 3.32. The third-order valence-corrected chi connectivity index (χ3v) is 3.97. The Bertz CT molecular complexity index is 672. The Hall–Kier alpha value is -2.07. The Morgan fingerprint density at radius 3 is 3.00 bits per heavy atom. The fourth-order valence-corrected chi connectivity index (χ4v) is 2.91. The number of halogens is 1. The van der Waals surface area contributed by atoms with Crippen molar-refractivity contribution >= 4 is 23.2 Å². The summed E-state index contributed by atoms with van der Waals surface area (Å²) in [4.78, 5) is 17.6. The fraction of sp³-hybridized carbons (Fsp3) is 0.200. The molecule has 1 amide bonds. The van der Waals surface area contributed by atoms with E-state index in [1.165, 1.54) is 17.3 Å². The number of rotatable bonds is 2. The molecule has 0 saturated carbocycles. The lowest BCUT2D eigenvalue weighted by Gasteiger charge is -2.32. The fourth-order valence-electron chi connectivity index (χ4n) is 2.62. The SMILES string of the molecule is NC(=O)c1cnccc1N1CCc2c(Cl)cccc2C1. The van der Waals surface area contributed by atoms with E-state index in [1.54, 1.807) is 6.20 Å². The molecule has 0 radical (unpaired) electrons. The highest BCUT2D eigenvalue weighted by Crippen LogP contribution is 2.30. The Morgan fingerprint density at radius 2 is 2.20 bits per heavy atom. The van der Waals surface area contributed by atoms with Crippen LogP contribution in [0, 0.1) is 0 Å². The Balaban J connectivity index is 1.97. The van der Waals surface area contributed by atoms with Crippen molar-refractivity contribution in [2.45, 2.75) is 13.0 Å².